The minimum absolute atomic E-state index is 0.117. The van der Waals surface area contributed by atoms with Gasteiger partial charge in [-0.05, 0) is 24.1 Å². The van der Waals surface area contributed by atoms with Gasteiger partial charge < -0.3 is 11.1 Å². The van der Waals surface area contributed by atoms with Crippen LogP contribution in [0, 0.1) is 0 Å². The molecule has 1 atom stereocenters. The van der Waals surface area contributed by atoms with E-state index in [9.17, 15) is 4.79 Å². The number of carbonyl (C=O) groups excluding carboxylic acids is 1. The van der Waals surface area contributed by atoms with Gasteiger partial charge in [0.2, 0.25) is 0 Å². The van der Waals surface area contributed by atoms with Crippen molar-refractivity contribution in [2.75, 3.05) is 6.54 Å². The molecule has 0 aliphatic carbocycles. The van der Waals surface area contributed by atoms with Crippen molar-refractivity contribution < 1.29 is 4.79 Å². The molecule has 5 heteroatoms. The summed E-state index contributed by atoms with van der Waals surface area (Å²) in [4.78, 5) is 12.1. The molecule has 0 saturated heterocycles. The quantitative estimate of drug-likeness (QED) is 0.879. The second-order valence-electron chi connectivity index (χ2n) is 4.66. The van der Waals surface area contributed by atoms with Crippen LogP contribution in [0.3, 0.4) is 0 Å². The van der Waals surface area contributed by atoms with Crippen LogP contribution in [0.4, 0.5) is 0 Å². The molecule has 1 unspecified atom stereocenters. The van der Waals surface area contributed by atoms with Gasteiger partial charge in [0.25, 0.3) is 5.91 Å². The molecule has 2 rings (SSSR count). The molecule has 1 amide bonds. The van der Waals surface area contributed by atoms with Gasteiger partial charge in [0.1, 0.15) is 0 Å². The average Bonchev–Trinajstić information content (AvgIpc) is 2.48. The average molecular weight is 323 g/mol. The second-order valence-corrected chi connectivity index (χ2v) is 5.47. The Kier molecular flexibility index (Phi) is 5.62. The lowest BCUT2D eigenvalue weighted by Gasteiger charge is -2.13. The number of halogens is 2. The molecule has 3 N–H and O–H groups in total. The maximum atomic E-state index is 12.1. The van der Waals surface area contributed by atoms with E-state index < -0.39 is 0 Å². The fraction of sp³-hybridized carbons (Fsp3) is 0.188. The number of benzene rings is 2. The predicted octanol–water partition coefficient (Wildman–Crippen LogP) is 3.81. The van der Waals surface area contributed by atoms with Gasteiger partial charge in [-0.25, -0.2) is 0 Å². The predicted molar refractivity (Wildman–Crippen MR) is 86.8 cm³/mol. The van der Waals surface area contributed by atoms with Gasteiger partial charge in [-0.15, -0.1) is 0 Å². The Morgan fingerprint density at radius 3 is 2.29 bits per heavy atom. The lowest BCUT2D eigenvalue weighted by atomic mass is 10.1. The molecule has 0 aliphatic heterocycles. The minimum atomic E-state index is -0.286. The van der Waals surface area contributed by atoms with E-state index in [0.717, 1.165) is 5.56 Å². The highest BCUT2D eigenvalue weighted by molar-refractivity contribution is 6.39. The fourth-order valence-electron chi connectivity index (χ4n) is 2.01. The summed E-state index contributed by atoms with van der Waals surface area (Å²) in [6.45, 7) is 0.455. The maximum absolute atomic E-state index is 12.1. The Labute approximate surface area is 134 Å². The first kappa shape index (κ1) is 15.8. The number of nitrogens with one attached hydrogen (secondary N) is 1. The fourth-order valence-corrected chi connectivity index (χ4v) is 2.58. The molecule has 0 bridgehead atoms. The highest BCUT2D eigenvalue weighted by Crippen LogP contribution is 2.24. The van der Waals surface area contributed by atoms with E-state index in [1.807, 2.05) is 30.3 Å². The summed E-state index contributed by atoms with van der Waals surface area (Å²) in [6.07, 6.45) is 0.637. The van der Waals surface area contributed by atoms with Crippen LogP contribution in [0.2, 0.25) is 10.0 Å². The van der Waals surface area contributed by atoms with Gasteiger partial charge in [-0.2, -0.15) is 0 Å². The van der Waals surface area contributed by atoms with Crippen LogP contribution in [0.5, 0.6) is 0 Å². The molecule has 3 nitrogen and oxygen atoms in total. The molecule has 2 aromatic rings. The molecule has 0 aromatic heterocycles. The van der Waals surface area contributed by atoms with Gasteiger partial charge in [0.05, 0.1) is 15.6 Å². The van der Waals surface area contributed by atoms with Crippen molar-refractivity contribution in [3.8, 4) is 0 Å². The normalized spacial score (nSPS) is 12.0. The zero-order chi connectivity index (χ0) is 15.2. The number of amides is 1. The summed E-state index contributed by atoms with van der Waals surface area (Å²) in [5.41, 5.74) is 7.42. The van der Waals surface area contributed by atoms with Crippen LogP contribution >= 0.6 is 23.2 Å². The van der Waals surface area contributed by atoms with E-state index in [0.29, 0.717) is 28.6 Å². The van der Waals surface area contributed by atoms with Crippen molar-refractivity contribution in [2.45, 2.75) is 12.5 Å². The summed E-state index contributed by atoms with van der Waals surface area (Å²) >= 11 is 12.0. The molecule has 0 fully saturated rings. The number of nitrogens with two attached hydrogens (primary N) is 1. The van der Waals surface area contributed by atoms with E-state index in [1.165, 1.54) is 0 Å². The van der Waals surface area contributed by atoms with Gasteiger partial charge in [-0.1, -0.05) is 59.6 Å². The van der Waals surface area contributed by atoms with Crippen LogP contribution in [-0.4, -0.2) is 12.5 Å². The van der Waals surface area contributed by atoms with Crippen LogP contribution < -0.4 is 11.1 Å². The number of hydrogen-bond donors (Lipinski definition) is 2. The van der Waals surface area contributed by atoms with E-state index in [1.54, 1.807) is 18.2 Å². The third-order valence-corrected chi connectivity index (χ3v) is 3.79. The lowest BCUT2D eigenvalue weighted by molar-refractivity contribution is 0.0953. The SMILES string of the molecule is NC(CCNC(=O)c1c(Cl)cccc1Cl)c1ccccc1. The zero-order valence-corrected chi connectivity index (χ0v) is 12.9. The minimum Gasteiger partial charge on any atom is -0.352 e. The topological polar surface area (TPSA) is 55.1 Å². The largest absolute Gasteiger partial charge is 0.352 e. The molecular weight excluding hydrogens is 307 g/mol. The van der Waals surface area contributed by atoms with Crippen LogP contribution in [0.25, 0.3) is 0 Å². The third-order valence-electron chi connectivity index (χ3n) is 3.16. The second kappa shape index (κ2) is 7.46. The van der Waals surface area contributed by atoms with E-state index >= 15 is 0 Å². The number of carbonyl (C=O) groups is 1. The first-order valence-corrected chi connectivity index (χ1v) is 7.38. The van der Waals surface area contributed by atoms with Crippen molar-refractivity contribution in [1.29, 1.82) is 0 Å². The van der Waals surface area contributed by atoms with Crippen LogP contribution in [-0.2, 0) is 0 Å². The first-order valence-electron chi connectivity index (χ1n) is 6.62. The number of rotatable bonds is 5. The van der Waals surface area contributed by atoms with Gasteiger partial charge in [-0.3, -0.25) is 4.79 Å². The summed E-state index contributed by atoms with van der Waals surface area (Å²) in [7, 11) is 0. The first-order chi connectivity index (χ1) is 10.1. The Morgan fingerprint density at radius 1 is 1.05 bits per heavy atom. The molecular formula is C16H16Cl2N2O. The standard InChI is InChI=1S/C16H16Cl2N2O/c17-12-7-4-8-13(18)15(12)16(21)20-10-9-14(19)11-5-2-1-3-6-11/h1-8,14H,9-10,19H2,(H,20,21). The maximum Gasteiger partial charge on any atom is 0.254 e. The Hall–Kier alpha value is -1.55. The van der Waals surface area contributed by atoms with Crippen LogP contribution in [0.15, 0.2) is 48.5 Å². The molecule has 0 radical (unpaired) electrons. The molecule has 2 aromatic carbocycles. The lowest BCUT2D eigenvalue weighted by Crippen LogP contribution is -2.27. The van der Waals surface area contributed by atoms with Crippen molar-refractivity contribution >= 4 is 29.1 Å². The van der Waals surface area contributed by atoms with Gasteiger partial charge in [0.15, 0.2) is 0 Å². The highest BCUT2D eigenvalue weighted by Gasteiger charge is 2.14. The van der Waals surface area contributed by atoms with Crippen molar-refractivity contribution in [3.63, 3.8) is 0 Å². The van der Waals surface area contributed by atoms with Crippen molar-refractivity contribution in [1.82, 2.24) is 5.32 Å². The van der Waals surface area contributed by atoms with Crippen molar-refractivity contribution in [3.05, 3.63) is 69.7 Å². The zero-order valence-electron chi connectivity index (χ0n) is 11.4. The molecule has 0 aliphatic rings. The number of hydrogen-bond acceptors (Lipinski definition) is 2. The Balaban J connectivity index is 1.90. The monoisotopic (exact) mass is 322 g/mol. The van der Waals surface area contributed by atoms with E-state index in [4.69, 9.17) is 28.9 Å². The Bertz CT molecular complexity index is 597. The highest BCUT2D eigenvalue weighted by atomic mass is 35.5. The van der Waals surface area contributed by atoms with E-state index in [2.05, 4.69) is 5.32 Å². The summed E-state index contributed by atoms with van der Waals surface area (Å²) in [5.74, 6) is -0.286. The molecule has 0 heterocycles. The van der Waals surface area contributed by atoms with E-state index in [-0.39, 0.29) is 11.9 Å². The summed E-state index contributed by atoms with van der Waals surface area (Å²) in [5, 5.41) is 3.47. The smallest absolute Gasteiger partial charge is 0.254 e. The molecule has 0 spiro atoms. The summed E-state index contributed by atoms with van der Waals surface area (Å²) < 4.78 is 0. The van der Waals surface area contributed by atoms with Crippen molar-refractivity contribution in [2.24, 2.45) is 5.73 Å². The van der Waals surface area contributed by atoms with Crippen LogP contribution in [0.1, 0.15) is 28.4 Å². The Morgan fingerprint density at radius 2 is 1.67 bits per heavy atom. The third kappa shape index (κ3) is 4.21. The molecule has 21 heavy (non-hydrogen) atoms. The molecule has 110 valence electrons. The summed E-state index contributed by atoms with van der Waals surface area (Å²) in [6, 6.07) is 14.6. The van der Waals surface area contributed by atoms with Gasteiger partial charge in [0, 0.05) is 12.6 Å². The van der Waals surface area contributed by atoms with Gasteiger partial charge >= 0.3 is 0 Å². The molecule has 0 saturated carbocycles.